The van der Waals surface area contributed by atoms with Crippen LogP contribution in [0.1, 0.15) is 18.1 Å². The third kappa shape index (κ3) is 6.26. The fourth-order valence-corrected chi connectivity index (χ4v) is 2.09. The molecule has 0 spiro atoms. The molecule has 0 fully saturated rings. The van der Waals surface area contributed by atoms with Crippen molar-refractivity contribution in [3.8, 4) is 11.5 Å². The number of methoxy groups -OCH3 is 1. The number of benzene rings is 2. The summed E-state index contributed by atoms with van der Waals surface area (Å²) in [6, 6.07) is 15.5. The molecule has 0 saturated heterocycles. The first-order valence-corrected chi connectivity index (χ1v) is 7.79. The van der Waals surface area contributed by atoms with Gasteiger partial charge in [-0.25, -0.2) is 0 Å². The minimum Gasteiger partial charge on any atom is -0.497 e. The second-order valence-electron chi connectivity index (χ2n) is 5.27. The topological polar surface area (TPSA) is 44.8 Å². The molecule has 0 radical (unpaired) electrons. The summed E-state index contributed by atoms with van der Waals surface area (Å²) >= 11 is 0. The Hall–Kier alpha value is -2.59. The van der Waals surface area contributed by atoms with Gasteiger partial charge in [0.05, 0.1) is 20.3 Å². The lowest BCUT2D eigenvalue weighted by Gasteiger charge is -2.10. The molecule has 0 aromatic heterocycles. The van der Waals surface area contributed by atoms with E-state index in [1.54, 1.807) is 13.2 Å². The van der Waals surface area contributed by atoms with E-state index in [1.165, 1.54) is 13.0 Å². The highest BCUT2D eigenvalue weighted by atomic mass is 16.5. The SMILES string of the molecule is COc1cc(C=CC(C)=O)cc(OCCOCc2ccccc2)c1. The maximum Gasteiger partial charge on any atom is 0.152 e. The van der Waals surface area contributed by atoms with Crippen molar-refractivity contribution in [2.45, 2.75) is 13.5 Å². The zero-order valence-electron chi connectivity index (χ0n) is 14.0. The number of hydrogen-bond acceptors (Lipinski definition) is 4. The summed E-state index contributed by atoms with van der Waals surface area (Å²) in [5.74, 6) is 1.36. The number of allylic oxidation sites excluding steroid dienone is 1. The smallest absolute Gasteiger partial charge is 0.152 e. The first-order chi connectivity index (χ1) is 11.7. The Labute approximate surface area is 142 Å². The molecule has 0 amide bonds. The van der Waals surface area contributed by atoms with Gasteiger partial charge in [0.25, 0.3) is 0 Å². The van der Waals surface area contributed by atoms with E-state index in [1.807, 2.05) is 48.5 Å². The lowest BCUT2D eigenvalue weighted by molar-refractivity contribution is -0.112. The van der Waals surface area contributed by atoms with Gasteiger partial charge in [0, 0.05) is 6.07 Å². The molecule has 4 nitrogen and oxygen atoms in total. The first-order valence-electron chi connectivity index (χ1n) is 7.79. The fourth-order valence-electron chi connectivity index (χ4n) is 2.09. The first kappa shape index (κ1) is 17.8. The third-order valence-electron chi connectivity index (χ3n) is 3.26. The largest absolute Gasteiger partial charge is 0.497 e. The van der Waals surface area contributed by atoms with Gasteiger partial charge in [-0.15, -0.1) is 0 Å². The molecule has 126 valence electrons. The molecular weight excluding hydrogens is 304 g/mol. The van der Waals surface area contributed by atoms with Gasteiger partial charge in [0.2, 0.25) is 0 Å². The summed E-state index contributed by atoms with van der Waals surface area (Å²) in [5, 5.41) is 0. The van der Waals surface area contributed by atoms with Crippen molar-refractivity contribution in [2.75, 3.05) is 20.3 Å². The van der Waals surface area contributed by atoms with Crippen LogP contribution < -0.4 is 9.47 Å². The maximum absolute atomic E-state index is 11.1. The monoisotopic (exact) mass is 326 g/mol. The molecule has 0 aliphatic heterocycles. The van der Waals surface area contributed by atoms with Crippen LogP contribution in [0.2, 0.25) is 0 Å². The molecule has 0 N–H and O–H groups in total. The predicted molar refractivity (Wildman–Crippen MR) is 94.3 cm³/mol. The van der Waals surface area contributed by atoms with E-state index in [0.29, 0.717) is 31.3 Å². The van der Waals surface area contributed by atoms with Gasteiger partial charge in [-0.1, -0.05) is 36.4 Å². The fraction of sp³-hybridized carbons (Fsp3) is 0.250. The van der Waals surface area contributed by atoms with Crippen LogP contribution in [0.3, 0.4) is 0 Å². The van der Waals surface area contributed by atoms with Crippen LogP contribution in [0.25, 0.3) is 6.08 Å². The van der Waals surface area contributed by atoms with E-state index in [-0.39, 0.29) is 5.78 Å². The van der Waals surface area contributed by atoms with Gasteiger partial charge in [0.15, 0.2) is 5.78 Å². The van der Waals surface area contributed by atoms with E-state index in [9.17, 15) is 4.79 Å². The van der Waals surface area contributed by atoms with Crippen LogP contribution in [0.4, 0.5) is 0 Å². The highest BCUT2D eigenvalue weighted by molar-refractivity contribution is 5.91. The lowest BCUT2D eigenvalue weighted by Crippen LogP contribution is -2.07. The van der Waals surface area contributed by atoms with Crippen molar-refractivity contribution < 1.29 is 19.0 Å². The molecule has 0 aliphatic carbocycles. The Balaban J connectivity index is 1.84. The van der Waals surface area contributed by atoms with E-state index in [0.717, 1.165) is 11.1 Å². The van der Waals surface area contributed by atoms with Crippen molar-refractivity contribution in [1.29, 1.82) is 0 Å². The summed E-state index contributed by atoms with van der Waals surface area (Å²) in [7, 11) is 1.60. The standard InChI is InChI=1S/C20H22O4/c1-16(21)8-9-18-12-19(22-2)14-20(13-18)24-11-10-23-15-17-6-4-3-5-7-17/h3-9,12-14H,10-11,15H2,1-2H3. The number of carbonyl (C=O) groups excluding carboxylic acids is 1. The molecule has 0 saturated carbocycles. The third-order valence-corrected chi connectivity index (χ3v) is 3.26. The van der Waals surface area contributed by atoms with Crippen molar-refractivity contribution in [2.24, 2.45) is 0 Å². The molecule has 0 aliphatic rings. The van der Waals surface area contributed by atoms with Crippen molar-refractivity contribution in [3.05, 3.63) is 65.7 Å². The van der Waals surface area contributed by atoms with Gasteiger partial charge in [-0.2, -0.15) is 0 Å². The Morgan fingerprint density at radius 3 is 2.50 bits per heavy atom. The van der Waals surface area contributed by atoms with Crippen LogP contribution in [-0.2, 0) is 16.1 Å². The molecule has 2 aromatic rings. The zero-order valence-corrected chi connectivity index (χ0v) is 14.0. The minimum absolute atomic E-state index is 0.00500. The molecule has 0 atom stereocenters. The predicted octanol–water partition coefficient (Wildman–Crippen LogP) is 3.89. The van der Waals surface area contributed by atoms with Crippen LogP contribution >= 0.6 is 0 Å². The molecule has 4 heteroatoms. The van der Waals surface area contributed by atoms with Gasteiger partial charge >= 0.3 is 0 Å². The van der Waals surface area contributed by atoms with Crippen LogP contribution in [0, 0.1) is 0 Å². The Bertz CT molecular complexity index is 677. The normalized spacial score (nSPS) is 10.8. The number of ketones is 1. The quantitative estimate of drug-likeness (QED) is 0.518. The van der Waals surface area contributed by atoms with E-state index in [4.69, 9.17) is 14.2 Å². The van der Waals surface area contributed by atoms with Crippen LogP contribution in [0.5, 0.6) is 11.5 Å². The van der Waals surface area contributed by atoms with E-state index in [2.05, 4.69) is 0 Å². The molecule has 24 heavy (non-hydrogen) atoms. The average molecular weight is 326 g/mol. The van der Waals surface area contributed by atoms with Gasteiger partial charge < -0.3 is 14.2 Å². The highest BCUT2D eigenvalue weighted by Gasteiger charge is 2.02. The van der Waals surface area contributed by atoms with Crippen LogP contribution in [0.15, 0.2) is 54.6 Å². The number of carbonyl (C=O) groups is 1. The summed E-state index contributed by atoms with van der Waals surface area (Å²) in [5.41, 5.74) is 1.99. The maximum atomic E-state index is 11.1. The highest BCUT2D eigenvalue weighted by Crippen LogP contribution is 2.23. The summed E-state index contributed by atoms with van der Waals surface area (Å²) < 4.78 is 16.6. The summed E-state index contributed by atoms with van der Waals surface area (Å²) in [6.45, 7) is 3.01. The summed E-state index contributed by atoms with van der Waals surface area (Å²) in [4.78, 5) is 11.1. The molecule has 0 bridgehead atoms. The average Bonchev–Trinajstić information content (AvgIpc) is 2.60. The zero-order chi connectivity index (χ0) is 17.2. The van der Waals surface area contributed by atoms with Gasteiger partial charge in [-0.05, 0) is 36.3 Å². The second kappa shape index (κ2) is 9.53. The Kier molecular flexibility index (Phi) is 7.05. The van der Waals surface area contributed by atoms with E-state index >= 15 is 0 Å². The molecular formula is C20H22O4. The summed E-state index contributed by atoms with van der Waals surface area (Å²) in [6.07, 6.45) is 3.26. The Morgan fingerprint density at radius 1 is 1.04 bits per heavy atom. The second-order valence-corrected chi connectivity index (χ2v) is 5.27. The van der Waals surface area contributed by atoms with Gasteiger partial charge in [0.1, 0.15) is 18.1 Å². The van der Waals surface area contributed by atoms with Gasteiger partial charge in [-0.3, -0.25) is 4.79 Å². The molecule has 2 rings (SSSR count). The van der Waals surface area contributed by atoms with Crippen molar-refractivity contribution in [3.63, 3.8) is 0 Å². The molecule has 0 unspecified atom stereocenters. The lowest BCUT2D eigenvalue weighted by atomic mass is 10.1. The molecule has 0 heterocycles. The number of hydrogen-bond donors (Lipinski definition) is 0. The van der Waals surface area contributed by atoms with Crippen LogP contribution in [-0.4, -0.2) is 26.1 Å². The minimum atomic E-state index is -0.00500. The molecule has 2 aromatic carbocycles. The Morgan fingerprint density at radius 2 is 1.79 bits per heavy atom. The van der Waals surface area contributed by atoms with Crippen molar-refractivity contribution >= 4 is 11.9 Å². The number of rotatable bonds is 9. The number of ether oxygens (including phenoxy) is 3. The van der Waals surface area contributed by atoms with E-state index < -0.39 is 0 Å². The van der Waals surface area contributed by atoms with Crippen molar-refractivity contribution in [1.82, 2.24) is 0 Å².